The molecular weight excluding hydrogens is 500 g/mol. The number of hydrogen-bond donors (Lipinski definition) is 0. The zero-order valence-electron chi connectivity index (χ0n) is 22.0. The van der Waals surface area contributed by atoms with Crippen LogP contribution in [0.25, 0.3) is 87.7 Å². The van der Waals surface area contributed by atoms with Gasteiger partial charge in [-0.2, -0.15) is 0 Å². The molecule has 0 saturated heterocycles. The van der Waals surface area contributed by atoms with Crippen LogP contribution in [0.5, 0.6) is 0 Å². The van der Waals surface area contributed by atoms with Crippen molar-refractivity contribution < 1.29 is 4.42 Å². The highest BCUT2D eigenvalue weighted by atomic mass is 16.3. The van der Waals surface area contributed by atoms with Crippen molar-refractivity contribution in [2.24, 2.45) is 0 Å². The Hall–Kier alpha value is -5.54. The number of fused-ring (bicyclic) bond motifs is 9. The van der Waals surface area contributed by atoms with Crippen LogP contribution in [0.2, 0.25) is 0 Å². The minimum Gasteiger partial charge on any atom is -0.456 e. The van der Waals surface area contributed by atoms with Gasteiger partial charge in [0.15, 0.2) is 0 Å². The molecule has 190 valence electrons. The van der Waals surface area contributed by atoms with Crippen molar-refractivity contribution in [1.82, 2.24) is 9.97 Å². The molecule has 0 N–H and O–H groups in total. The van der Waals surface area contributed by atoms with Crippen LogP contribution in [0.3, 0.4) is 0 Å². The van der Waals surface area contributed by atoms with Crippen LogP contribution in [0.15, 0.2) is 138 Å². The van der Waals surface area contributed by atoms with E-state index in [1.165, 1.54) is 38.1 Å². The van der Waals surface area contributed by atoms with Crippen molar-refractivity contribution >= 4 is 65.3 Å². The lowest BCUT2D eigenvalue weighted by Crippen LogP contribution is -1.91. The molecule has 3 heterocycles. The summed E-state index contributed by atoms with van der Waals surface area (Å²) in [5.74, 6) is 0. The lowest BCUT2D eigenvalue weighted by Gasteiger charge is -2.13. The topological polar surface area (TPSA) is 38.9 Å². The summed E-state index contributed by atoms with van der Waals surface area (Å²) in [6.07, 6.45) is 1.84. The Kier molecular flexibility index (Phi) is 4.61. The quantitative estimate of drug-likeness (QED) is 0.212. The maximum atomic E-state index is 6.13. The molecule has 9 rings (SSSR count). The molecule has 0 aliphatic carbocycles. The van der Waals surface area contributed by atoms with Gasteiger partial charge in [-0.05, 0) is 63.0 Å². The second kappa shape index (κ2) is 8.48. The summed E-state index contributed by atoms with van der Waals surface area (Å²) in [4.78, 5) is 9.79. The van der Waals surface area contributed by atoms with E-state index in [-0.39, 0.29) is 0 Å². The van der Waals surface area contributed by atoms with E-state index in [9.17, 15) is 0 Å². The van der Waals surface area contributed by atoms with E-state index >= 15 is 0 Å². The van der Waals surface area contributed by atoms with Crippen molar-refractivity contribution in [2.45, 2.75) is 0 Å². The third-order valence-corrected chi connectivity index (χ3v) is 8.30. The molecule has 0 bridgehead atoms. The van der Waals surface area contributed by atoms with E-state index in [4.69, 9.17) is 9.40 Å². The van der Waals surface area contributed by atoms with E-state index in [1.54, 1.807) is 0 Å². The molecule has 0 spiro atoms. The molecule has 3 nitrogen and oxygen atoms in total. The van der Waals surface area contributed by atoms with Gasteiger partial charge in [0.25, 0.3) is 0 Å². The van der Waals surface area contributed by atoms with Gasteiger partial charge in [0, 0.05) is 33.3 Å². The molecule has 6 aromatic carbocycles. The first kappa shape index (κ1) is 22.3. The van der Waals surface area contributed by atoms with Gasteiger partial charge in [-0.15, -0.1) is 0 Å². The van der Waals surface area contributed by atoms with Gasteiger partial charge in [-0.1, -0.05) is 97.1 Å². The van der Waals surface area contributed by atoms with Gasteiger partial charge in [0.2, 0.25) is 0 Å². The predicted molar refractivity (Wildman–Crippen MR) is 170 cm³/mol. The van der Waals surface area contributed by atoms with Crippen molar-refractivity contribution in [2.75, 3.05) is 0 Å². The fourth-order valence-corrected chi connectivity index (χ4v) is 6.37. The maximum absolute atomic E-state index is 6.13. The normalized spacial score (nSPS) is 11.9. The fraction of sp³-hybridized carbons (Fsp3) is 0. The molecule has 41 heavy (non-hydrogen) atoms. The van der Waals surface area contributed by atoms with Crippen LogP contribution in [-0.2, 0) is 0 Å². The van der Waals surface area contributed by atoms with Crippen molar-refractivity contribution in [3.8, 4) is 22.4 Å². The van der Waals surface area contributed by atoms with E-state index in [2.05, 4.69) is 114 Å². The highest BCUT2D eigenvalue weighted by Crippen LogP contribution is 2.39. The molecule has 9 aromatic rings. The van der Waals surface area contributed by atoms with Crippen LogP contribution < -0.4 is 0 Å². The zero-order chi connectivity index (χ0) is 26.9. The maximum Gasteiger partial charge on any atom is 0.136 e. The second-order valence-corrected chi connectivity index (χ2v) is 10.6. The smallest absolute Gasteiger partial charge is 0.136 e. The molecule has 0 unspecified atom stereocenters. The molecule has 0 saturated carbocycles. The highest BCUT2D eigenvalue weighted by Gasteiger charge is 2.14. The summed E-state index contributed by atoms with van der Waals surface area (Å²) in [7, 11) is 0. The predicted octanol–water partition coefficient (Wildman–Crippen LogP) is 10.3. The summed E-state index contributed by atoms with van der Waals surface area (Å²) in [5.41, 5.74) is 8.17. The summed E-state index contributed by atoms with van der Waals surface area (Å²) < 4.78 is 6.13. The van der Waals surface area contributed by atoms with Crippen LogP contribution in [-0.4, -0.2) is 9.97 Å². The number of pyridine rings is 2. The first-order valence-electron chi connectivity index (χ1n) is 13.8. The first-order chi connectivity index (χ1) is 20.3. The van der Waals surface area contributed by atoms with Crippen molar-refractivity contribution in [3.05, 3.63) is 134 Å². The Morgan fingerprint density at radius 2 is 1.20 bits per heavy atom. The van der Waals surface area contributed by atoms with Gasteiger partial charge in [0.05, 0.1) is 16.7 Å². The number of hydrogen-bond acceptors (Lipinski definition) is 3. The fourth-order valence-electron chi connectivity index (χ4n) is 6.37. The third-order valence-electron chi connectivity index (χ3n) is 8.30. The van der Waals surface area contributed by atoms with Crippen molar-refractivity contribution in [3.63, 3.8) is 0 Å². The van der Waals surface area contributed by atoms with Gasteiger partial charge in [-0.25, -0.2) is 4.98 Å². The molecular formula is C38H22N2O. The average molecular weight is 523 g/mol. The molecule has 3 heteroatoms. The van der Waals surface area contributed by atoms with E-state index < -0.39 is 0 Å². The van der Waals surface area contributed by atoms with Crippen LogP contribution in [0, 0.1) is 0 Å². The molecule has 0 atom stereocenters. The van der Waals surface area contributed by atoms with Gasteiger partial charge in [-0.3, -0.25) is 4.98 Å². The monoisotopic (exact) mass is 522 g/mol. The van der Waals surface area contributed by atoms with Crippen molar-refractivity contribution in [1.29, 1.82) is 0 Å². The molecule has 0 aliphatic rings. The van der Waals surface area contributed by atoms with Gasteiger partial charge in [0.1, 0.15) is 11.2 Å². The second-order valence-electron chi connectivity index (χ2n) is 10.6. The van der Waals surface area contributed by atoms with Gasteiger partial charge < -0.3 is 4.42 Å². The highest BCUT2D eigenvalue weighted by molar-refractivity contribution is 6.19. The Morgan fingerprint density at radius 1 is 0.463 bits per heavy atom. The SMILES string of the molecule is c1cnc2c(c1)ccc1ccc(-c3ccc(-c4ccc5c(ccc6oc7ccccc7c65)c4)c4ccccc34)nc12. The third kappa shape index (κ3) is 3.33. The van der Waals surface area contributed by atoms with E-state index in [1.807, 2.05) is 24.4 Å². The summed E-state index contributed by atoms with van der Waals surface area (Å²) in [6.45, 7) is 0. The number of rotatable bonds is 2. The van der Waals surface area contributed by atoms with Crippen LogP contribution in [0.4, 0.5) is 0 Å². The summed E-state index contributed by atoms with van der Waals surface area (Å²) in [6, 6.07) is 44.9. The number of benzene rings is 6. The average Bonchev–Trinajstić information content (AvgIpc) is 3.43. The van der Waals surface area contributed by atoms with E-state index in [0.717, 1.165) is 49.6 Å². The lowest BCUT2D eigenvalue weighted by molar-refractivity contribution is 0.669. The lowest BCUT2D eigenvalue weighted by atomic mass is 9.92. The minimum atomic E-state index is 0.923. The molecule has 0 aliphatic heterocycles. The Balaban J connectivity index is 1.23. The largest absolute Gasteiger partial charge is 0.456 e. The number of nitrogens with zero attached hydrogens (tertiary/aromatic N) is 2. The molecule has 0 fully saturated rings. The van der Waals surface area contributed by atoms with Crippen LogP contribution in [0.1, 0.15) is 0 Å². The Bertz CT molecular complexity index is 2490. The molecule has 0 amide bonds. The minimum absolute atomic E-state index is 0.923. The molecule has 0 radical (unpaired) electrons. The Labute approximate surface area is 235 Å². The van der Waals surface area contributed by atoms with E-state index in [0.29, 0.717) is 0 Å². The zero-order valence-corrected chi connectivity index (χ0v) is 22.0. The molecule has 3 aromatic heterocycles. The number of para-hydroxylation sites is 1. The number of aromatic nitrogens is 2. The summed E-state index contributed by atoms with van der Waals surface area (Å²) in [5, 5.41) is 9.32. The number of furan rings is 1. The standard InChI is InChI=1S/C38H22N2O/c1-2-8-30-29(7-1)27(17-18-31(30)33-19-14-24-12-11-23-6-5-21-39-37(23)38(24)40-33)25-13-16-28-26(22-25)15-20-35-36(28)32-9-3-4-10-34(32)41-35/h1-22H. The first-order valence-corrected chi connectivity index (χ1v) is 13.8. The Morgan fingerprint density at radius 3 is 2.10 bits per heavy atom. The van der Waals surface area contributed by atoms with Gasteiger partial charge >= 0.3 is 0 Å². The summed E-state index contributed by atoms with van der Waals surface area (Å²) >= 11 is 0. The van der Waals surface area contributed by atoms with Crippen LogP contribution >= 0.6 is 0 Å².